The lowest BCUT2D eigenvalue weighted by molar-refractivity contribution is 0.318. The highest BCUT2D eigenvalue weighted by atomic mass is 16.4. The molecule has 0 aliphatic rings. The van der Waals surface area contributed by atoms with Crippen molar-refractivity contribution in [3.63, 3.8) is 0 Å². The molecule has 0 aliphatic heterocycles. The van der Waals surface area contributed by atoms with Crippen molar-refractivity contribution in [2.45, 2.75) is 0 Å². The van der Waals surface area contributed by atoms with Crippen LogP contribution >= 0.6 is 0 Å². The van der Waals surface area contributed by atoms with E-state index in [2.05, 4.69) is 10.1 Å². The van der Waals surface area contributed by atoms with Crippen LogP contribution < -0.4 is 5.73 Å². The van der Waals surface area contributed by atoms with Gasteiger partial charge in [-0.1, -0.05) is 5.16 Å². The summed E-state index contributed by atoms with van der Waals surface area (Å²) < 4.78 is 1.72. The van der Waals surface area contributed by atoms with Crippen LogP contribution in [0.1, 0.15) is 5.69 Å². The molecule has 5 heteroatoms. The number of amidine groups is 1. The number of rotatable bonds is 1. The van der Waals surface area contributed by atoms with Crippen LogP contribution in [-0.2, 0) is 7.05 Å². The van der Waals surface area contributed by atoms with E-state index in [1.54, 1.807) is 24.1 Å². The second-order valence-corrected chi connectivity index (χ2v) is 1.91. The van der Waals surface area contributed by atoms with Gasteiger partial charge in [-0.3, -0.25) is 0 Å². The molecule has 1 aromatic heterocycles. The fraction of sp³-hybridized carbons (Fsp3) is 0.200. The Morgan fingerprint density at radius 1 is 1.90 bits per heavy atom. The van der Waals surface area contributed by atoms with Crippen LogP contribution in [0.2, 0.25) is 0 Å². The third-order valence-corrected chi connectivity index (χ3v) is 1.08. The Morgan fingerprint density at radius 3 is 3.00 bits per heavy atom. The molecule has 1 heterocycles. The molecular weight excluding hydrogens is 132 g/mol. The monoisotopic (exact) mass is 140 g/mol. The molecule has 0 atom stereocenters. The molecule has 54 valence electrons. The first-order valence-corrected chi connectivity index (χ1v) is 2.70. The van der Waals surface area contributed by atoms with E-state index in [9.17, 15) is 0 Å². The van der Waals surface area contributed by atoms with E-state index >= 15 is 0 Å². The Balaban J connectivity index is 2.95. The van der Waals surface area contributed by atoms with Gasteiger partial charge in [0.15, 0.2) is 5.84 Å². The standard InChI is InChI=1S/C5H8N4O/c1-9-2-4(7-3-9)5(6)8-10/h2-3,10H,1H3,(H2,6,8). The Labute approximate surface area is 57.8 Å². The summed E-state index contributed by atoms with van der Waals surface area (Å²) in [5, 5.41) is 11.0. The highest BCUT2D eigenvalue weighted by Crippen LogP contribution is 1.91. The number of aryl methyl sites for hydroxylation is 1. The average Bonchev–Trinajstić information content (AvgIpc) is 2.34. The quantitative estimate of drug-likeness (QED) is 0.239. The van der Waals surface area contributed by atoms with Crippen LogP contribution in [0.15, 0.2) is 17.7 Å². The predicted molar refractivity (Wildman–Crippen MR) is 35.7 cm³/mol. The maximum Gasteiger partial charge on any atom is 0.190 e. The second-order valence-electron chi connectivity index (χ2n) is 1.91. The number of hydrogen-bond donors (Lipinski definition) is 2. The first-order valence-electron chi connectivity index (χ1n) is 2.70. The molecule has 10 heavy (non-hydrogen) atoms. The molecule has 0 aromatic carbocycles. The largest absolute Gasteiger partial charge is 0.409 e. The fourth-order valence-electron chi connectivity index (χ4n) is 0.596. The van der Waals surface area contributed by atoms with Gasteiger partial charge >= 0.3 is 0 Å². The zero-order valence-electron chi connectivity index (χ0n) is 5.52. The van der Waals surface area contributed by atoms with E-state index in [0.29, 0.717) is 5.69 Å². The fourth-order valence-corrected chi connectivity index (χ4v) is 0.596. The summed E-state index contributed by atoms with van der Waals surface area (Å²) in [6.45, 7) is 0. The molecule has 3 N–H and O–H groups in total. The molecule has 0 spiro atoms. The molecule has 0 fully saturated rings. The molecule has 0 saturated heterocycles. The van der Waals surface area contributed by atoms with Crippen LogP contribution in [0.3, 0.4) is 0 Å². The highest BCUT2D eigenvalue weighted by molar-refractivity contribution is 5.94. The third-order valence-electron chi connectivity index (χ3n) is 1.08. The molecule has 0 amide bonds. The third kappa shape index (κ3) is 1.07. The Kier molecular flexibility index (Phi) is 1.57. The summed E-state index contributed by atoms with van der Waals surface area (Å²) in [5.41, 5.74) is 5.71. The normalized spacial score (nSPS) is 11.9. The van der Waals surface area contributed by atoms with E-state index in [-0.39, 0.29) is 5.84 Å². The van der Waals surface area contributed by atoms with Gasteiger partial charge in [-0.25, -0.2) is 4.98 Å². The van der Waals surface area contributed by atoms with Gasteiger partial charge in [-0.15, -0.1) is 0 Å². The number of oxime groups is 1. The zero-order chi connectivity index (χ0) is 7.56. The summed E-state index contributed by atoms with van der Waals surface area (Å²) >= 11 is 0. The number of nitrogens with two attached hydrogens (primary N) is 1. The summed E-state index contributed by atoms with van der Waals surface area (Å²) in [5.74, 6) is 0.0283. The van der Waals surface area contributed by atoms with Crippen LogP contribution in [0.5, 0.6) is 0 Å². The van der Waals surface area contributed by atoms with Crippen molar-refractivity contribution in [3.8, 4) is 0 Å². The summed E-state index contributed by atoms with van der Waals surface area (Å²) in [6, 6.07) is 0. The van der Waals surface area contributed by atoms with Gasteiger partial charge in [0.25, 0.3) is 0 Å². The van der Waals surface area contributed by atoms with E-state index < -0.39 is 0 Å². The maximum atomic E-state index is 8.21. The summed E-state index contributed by atoms with van der Waals surface area (Å²) in [6.07, 6.45) is 3.24. The van der Waals surface area contributed by atoms with Crippen molar-refractivity contribution >= 4 is 5.84 Å². The van der Waals surface area contributed by atoms with Crippen LogP contribution in [0.4, 0.5) is 0 Å². The lowest BCUT2D eigenvalue weighted by atomic mass is 10.4. The number of nitrogens with zero attached hydrogens (tertiary/aromatic N) is 3. The molecule has 5 nitrogen and oxygen atoms in total. The molecule has 0 unspecified atom stereocenters. The van der Waals surface area contributed by atoms with E-state index in [4.69, 9.17) is 10.9 Å². The number of imidazole rings is 1. The van der Waals surface area contributed by atoms with Gasteiger partial charge < -0.3 is 15.5 Å². The van der Waals surface area contributed by atoms with Crippen LogP contribution in [-0.4, -0.2) is 20.6 Å². The minimum atomic E-state index is 0.0283. The Morgan fingerprint density at radius 2 is 2.60 bits per heavy atom. The zero-order valence-corrected chi connectivity index (χ0v) is 5.52. The number of hydrogen-bond acceptors (Lipinski definition) is 3. The predicted octanol–water partition coefficient (Wildman–Crippen LogP) is -0.485. The van der Waals surface area contributed by atoms with Gasteiger partial charge in [0.1, 0.15) is 5.69 Å². The minimum absolute atomic E-state index is 0.0283. The first-order chi connectivity index (χ1) is 4.74. The van der Waals surface area contributed by atoms with Gasteiger partial charge in [0.2, 0.25) is 0 Å². The van der Waals surface area contributed by atoms with E-state index in [1.165, 1.54) is 0 Å². The van der Waals surface area contributed by atoms with Gasteiger partial charge in [0, 0.05) is 13.2 Å². The maximum absolute atomic E-state index is 8.21. The smallest absolute Gasteiger partial charge is 0.190 e. The summed E-state index contributed by atoms with van der Waals surface area (Å²) in [4.78, 5) is 3.83. The lowest BCUT2D eigenvalue weighted by Crippen LogP contribution is -2.13. The minimum Gasteiger partial charge on any atom is -0.409 e. The topological polar surface area (TPSA) is 76.4 Å². The molecular formula is C5H8N4O. The van der Waals surface area contributed by atoms with E-state index in [1.807, 2.05) is 0 Å². The highest BCUT2D eigenvalue weighted by Gasteiger charge is 1.99. The first kappa shape index (κ1) is 6.60. The van der Waals surface area contributed by atoms with Crippen molar-refractivity contribution in [2.75, 3.05) is 0 Å². The molecule has 0 radical (unpaired) electrons. The van der Waals surface area contributed by atoms with Crippen LogP contribution in [0.25, 0.3) is 0 Å². The molecule has 0 saturated carbocycles. The average molecular weight is 140 g/mol. The lowest BCUT2D eigenvalue weighted by Gasteiger charge is -1.87. The van der Waals surface area contributed by atoms with E-state index in [0.717, 1.165) is 0 Å². The van der Waals surface area contributed by atoms with Crippen molar-refractivity contribution in [1.82, 2.24) is 9.55 Å². The van der Waals surface area contributed by atoms with Crippen molar-refractivity contribution in [1.29, 1.82) is 0 Å². The van der Waals surface area contributed by atoms with Gasteiger partial charge in [-0.2, -0.15) is 0 Å². The summed E-state index contributed by atoms with van der Waals surface area (Å²) in [7, 11) is 1.81. The van der Waals surface area contributed by atoms with Crippen molar-refractivity contribution in [3.05, 3.63) is 18.2 Å². The SMILES string of the molecule is Cn1cnc(/C(N)=N/O)c1. The van der Waals surface area contributed by atoms with Crippen LogP contribution in [0, 0.1) is 0 Å². The number of aromatic nitrogens is 2. The Bertz CT molecular complexity index is 252. The van der Waals surface area contributed by atoms with Crippen molar-refractivity contribution in [2.24, 2.45) is 17.9 Å². The molecule has 1 aromatic rings. The van der Waals surface area contributed by atoms with Crippen molar-refractivity contribution < 1.29 is 5.21 Å². The Hall–Kier alpha value is -1.52. The van der Waals surface area contributed by atoms with Gasteiger partial charge in [-0.05, 0) is 0 Å². The molecule has 0 bridgehead atoms. The second kappa shape index (κ2) is 2.38. The molecule has 0 aliphatic carbocycles. The molecule has 1 rings (SSSR count). The van der Waals surface area contributed by atoms with Gasteiger partial charge in [0.05, 0.1) is 6.33 Å².